The molecule has 1 aromatic rings. The summed E-state index contributed by atoms with van der Waals surface area (Å²) in [5, 5.41) is 2.93. The van der Waals surface area contributed by atoms with Crippen LogP contribution in [0.1, 0.15) is 30.3 Å². The summed E-state index contributed by atoms with van der Waals surface area (Å²) in [4.78, 5) is 15.6. The molecule has 1 amide bonds. The Hall–Kier alpha value is -1.58. The molecule has 0 aromatic carbocycles. The van der Waals surface area contributed by atoms with Crippen molar-refractivity contribution in [2.24, 2.45) is 5.92 Å². The number of amides is 1. The number of nitrogens with one attached hydrogen (secondary N) is 1. The summed E-state index contributed by atoms with van der Waals surface area (Å²) in [6.45, 7) is 2.18. The minimum absolute atomic E-state index is 0.126. The molecule has 1 saturated carbocycles. The topological polar surface area (TPSA) is 68.0 Å². The number of carbonyl (C=O) groups excluding carboxylic acids is 1. The molecular weight excluding hydrogens is 190 g/mol. The van der Waals surface area contributed by atoms with Gasteiger partial charge in [-0.1, -0.05) is 13.0 Å². The summed E-state index contributed by atoms with van der Waals surface area (Å²) in [7, 11) is 0. The van der Waals surface area contributed by atoms with Crippen LogP contribution in [-0.2, 0) is 0 Å². The van der Waals surface area contributed by atoms with Crippen LogP contribution in [0.25, 0.3) is 0 Å². The number of hydrogen-bond acceptors (Lipinski definition) is 3. The third-order valence-corrected chi connectivity index (χ3v) is 2.71. The van der Waals surface area contributed by atoms with Crippen LogP contribution in [0.3, 0.4) is 0 Å². The number of hydrogen-bond donors (Lipinski definition) is 2. The summed E-state index contributed by atoms with van der Waals surface area (Å²) in [5.41, 5.74) is 5.90. The van der Waals surface area contributed by atoms with E-state index in [4.69, 9.17) is 5.73 Å². The first-order valence-electron chi connectivity index (χ1n) is 5.18. The van der Waals surface area contributed by atoms with Crippen LogP contribution in [0.15, 0.2) is 18.2 Å². The van der Waals surface area contributed by atoms with Crippen LogP contribution < -0.4 is 11.1 Å². The fourth-order valence-electron chi connectivity index (χ4n) is 1.86. The molecule has 0 spiro atoms. The predicted octanol–water partition coefficient (Wildman–Crippen LogP) is 1.19. The molecule has 0 saturated heterocycles. The molecule has 0 radical (unpaired) electrons. The molecule has 0 unspecified atom stereocenters. The predicted molar refractivity (Wildman–Crippen MR) is 58.3 cm³/mol. The Morgan fingerprint density at radius 2 is 2.27 bits per heavy atom. The second-order valence-electron chi connectivity index (χ2n) is 4.19. The van der Waals surface area contributed by atoms with Crippen molar-refractivity contribution >= 4 is 11.7 Å². The molecule has 3 N–H and O–H groups in total. The zero-order valence-electron chi connectivity index (χ0n) is 8.73. The van der Waals surface area contributed by atoms with Crippen LogP contribution in [0.5, 0.6) is 0 Å². The normalized spacial score (nSPS) is 24.3. The maximum Gasteiger partial charge on any atom is 0.270 e. The summed E-state index contributed by atoms with van der Waals surface area (Å²) in [6.07, 6.45) is 2.13. The van der Waals surface area contributed by atoms with E-state index in [-0.39, 0.29) is 5.91 Å². The van der Waals surface area contributed by atoms with Gasteiger partial charge in [-0.25, -0.2) is 4.98 Å². The maximum absolute atomic E-state index is 11.7. The fraction of sp³-hybridized carbons (Fsp3) is 0.455. The van der Waals surface area contributed by atoms with Crippen LogP contribution in [0.2, 0.25) is 0 Å². The molecule has 80 valence electrons. The minimum atomic E-state index is -0.126. The number of nitrogens with two attached hydrogens (primary N) is 1. The molecule has 15 heavy (non-hydrogen) atoms. The van der Waals surface area contributed by atoms with E-state index in [1.165, 1.54) is 0 Å². The average molecular weight is 205 g/mol. The van der Waals surface area contributed by atoms with E-state index in [1.807, 2.05) is 0 Å². The van der Waals surface area contributed by atoms with Crippen molar-refractivity contribution in [3.05, 3.63) is 23.9 Å². The fourth-order valence-corrected chi connectivity index (χ4v) is 1.86. The van der Waals surface area contributed by atoms with E-state index in [0.717, 1.165) is 18.8 Å². The number of carbonyl (C=O) groups is 1. The second-order valence-corrected chi connectivity index (χ2v) is 4.19. The number of rotatable bonds is 2. The lowest BCUT2D eigenvalue weighted by atomic mass is 9.82. The Kier molecular flexibility index (Phi) is 2.58. The van der Waals surface area contributed by atoms with Crippen molar-refractivity contribution in [2.45, 2.75) is 25.8 Å². The maximum atomic E-state index is 11.7. The van der Waals surface area contributed by atoms with E-state index in [9.17, 15) is 4.79 Å². The molecular formula is C11H15N3O. The van der Waals surface area contributed by atoms with E-state index < -0.39 is 0 Å². The Morgan fingerprint density at radius 3 is 2.87 bits per heavy atom. The van der Waals surface area contributed by atoms with Gasteiger partial charge in [-0.2, -0.15) is 0 Å². The standard InChI is InChI=1S/C11H15N3O/c1-7-5-8(6-7)13-11(15)9-3-2-4-10(12)14-9/h2-4,7-8H,5-6H2,1H3,(H2,12,14)(H,13,15). The van der Waals surface area contributed by atoms with E-state index in [1.54, 1.807) is 18.2 Å². The van der Waals surface area contributed by atoms with Crippen molar-refractivity contribution in [1.29, 1.82) is 0 Å². The molecule has 4 heteroatoms. The van der Waals surface area contributed by atoms with E-state index in [0.29, 0.717) is 17.6 Å². The molecule has 1 aliphatic rings. The quantitative estimate of drug-likeness (QED) is 0.762. The van der Waals surface area contributed by atoms with Crippen molar-refractivity contribution in [3.8, 4) is 0 Å². The summed E-state index contributed by atoms with van der Waals surface area (Å²) < 4.78 is 0. The molecule has 1 aromatic heterocycles. The number of nitrogen functional groups attached to an aromatic ring is 1. The van der Waals surface area contributed by atoms with Gasteiger partial charge in [0.05, 0.1) is 0 Å². The second kappa shape index (κ2) is 3.88. The zero-order valence-corrected chi connectivity index (χ0v) is 8.73. The number of nitrogens with zero attached hydrogens (tertiary/aromatic N) is 1. The van der Waals surface area contributed by atoms with Crippen LogP contribution in [0.4, 0.5) is 5.82 Å². The lowest BCUT2D eigenvalue weighted by molar-refractivity contribution is 0.0891. The lowest BCUT2D eigenvalue weighted by Crippen LogP contribution is -2.43. The SMILES string of the molecule is CC1CC(NC(=O)c2cccc(N)n2)C1. The van der Waals surface area contributed by atoms with Gasteiger partial charge in [0.1, 0.15) is 11.5 Å². The van der Waals surface area contributed by atoms with Crippen LogP contribution >= 0.6 is 0 Å². The Morgan fingerprint density at radius 1 is 1.53 bits per heavy atom. The van der Waals surface area contributed by atoms with E-state index >= 15 is 0 Å². The third kappa shape index (κ3) is 2.26. The highest BCUT2D eigenvalue weighted by Gasteiger charge is 2.27. The molecule has 1 heterocycles. The largest absolute Gasteiger partial charge is 0.384 e. The van der Waals surface area contributed by atoms with Gasteiger partial charge in [0.25, 0.3) is 5.91 Å². The number of anilines is 1. The van der Waals surface area contributed by atoms with Gasteiger partial charge in [-0.05, 0) is 30.9 Å². The van der Waals surface area contributed by atoms with Crippen molar-refractivity contribution in [2.75, 3.05) is 5.73 Å². The van der Waals surface area contributed by atoms with Gasteiger partial charge in [0, 0.05) is 6.04 Å². The number of pyridine rings is 1. The summed E-state index contributed by atoms with van der Waals surface area (Å²) in [6, 6.07) is 5.40. The molecule has 0 aliphatic heterocycles. The molecule has 0 bridgehead atoms. The van der Waals surface area contributed by atoms with Crippen molar-refractivity contribution in [1.82, 2.24) is 10.3 Å². The first-order chi connectivity index (χ1) is 7.15. The monoisotopic (exact) mass is 205 g/mol. The average Bonchev–Trinajstić information content (AvgIpc) is 2.15. The lowest BCUT2D eigenvalue weighted by Gasteiger charge is -2.33. The summed E-state index contributed by atoms with van der Waals surface area (Å²) in [5.74, 6) is 0.980. The van der Waals surface area contributed by atoms with Crippen LogP contribution in [0, 0.1) is 5.92 Å². The van der Waals surface area contributed by atoms with Gasteiger partial charge < -0.3 is 11.1 Å². The smallest absolute Gasteiger partial charge is 0.270 e. The zero-order chi connectivity index (χ0) is 10.8. The number of aromatic nitrogens is 1. The van der Waals surface area contributed by atoms with Crippen molar-refractivity contribution < 1.29 is 4.79 Å². The molecule has 2 rings (SSSR count). The highest BCUT2D eigenvalue weighted by atomic mass is 16.1. The first-order valence-corrected chi connectivity index (χ1v) is 5.18. The third-order valence-electron chi connectivity index (χ3n) is 2.71. The highest BCUT2D eigenvalue weighted by molar-refractivity contribution is 5.92. The van der Waals surface area contributed by atoms with Gasteiger partial charge in [-0.3, -0.25) is 4.79 Å². The van der Waals surface area contributed by atoms with Gasteiger partial charge in [0.2, 0.25) is 0 Å². The molecule has 1 aliphatic carbocycles. The van der Waals surface area contributed by atoms with E-state index in [2.05, 4.69) is 17.2 Å². The Labute approximate surface area is 88.9 Å². The minimum Gasteiger partial charge on any atom is -0.384 e. The van der Waals surface area contributed by atoms with Gasteiger partial charge in [0.15, 0.2) is 0 Å². The van der Waals surface area contributed by atoms with Crippen LogP contribution in [-0.4, -0.2) is 16.9 Å². The van der Waals surface area contributed by atoms with Gasteiger partial charge >= 0.3 is 0 Å². The van der Waals surface area contributed by atoms with Gasteiger partial charge in [-0.15, -0.1) is 0 Å². The highest BCUT2D eigenvalue weighted by Crippen LogP contribution is 2.26. The first kappa shape index (κ1) is 9.96. The molecule has 4 nitrogen and oxygen atoms in total. The molecule has 1 fully saturated rings. The van der Waals surface area contributed by atoms with Crippen molar-refractivity contribution in [3.63, 3.8) is 0 Å². The summed E-state index contributed by atoms with van der Waals surface area (Å²) >= 11 is 0. The molecule has 0 atom stereocenters. The Balaban J connectivity index is 1.96. The Bertz CT molecular complexity index is 372.